The molecule has 1 aromatic rings. The Hall–Kier alpha value is -1.02. The summed E-state index contributed by atoms with van der Waals surface area (Å²) in [4.78, 5) is 0. The van der Waals surface area contributed by atoms with Crippen LogP contribution in [0.4, 0.5) is 0 Å². The van der Waals surface area contributed by atoms with Gasteiger partial charge in [0.25, 0.3) is 0 Å². The van der Waals surface area contributed by atoms with Crippen molar-refractivity contribution in [3.05, 3.63) is 29.3 Å². The van der Waals surface area contributed by atoms with E-state index in [0.717, 1.165) is 25.0 Å². The van der Waals surface area contributed by atoms with Crippen LogP contribution in [0.3, 0.4) is 0 Å². The second kappa shape index (κ2) is 5.76. The average Bonchev–Trinajstić information content (AvgIpc) is 2.21. The predicted octanol–water partition coefficient (Wildman–Crippen LogP) is 2.67. The number of hydrogen-bond donors (Lipinski definition) is 1. The zero-order valence-electron chi connectivity index (χ0n) is 9.92. The summed E-state index contributed by atoms with van der Waals surface area (Å²) in [5.41, 5.74) is 8.46. The van der Waals surface area contributed by atoms with E-state index in [9.17, 15) is 0 Å². The van der Waals surface area contributed by atoms with Gasteiger partial charge in [0.15, 0.2) is 0 Å². The van der Waals surface area contributed by atoms with Crippen molar-refractivity contribution in [3.8, 4) is 5.75 Å². The molecule has 0 bridgehead atoms. The number of ether oxygens (including phenoxy) is 1. The van der Waals surface area contributed by atoms with Gasteiger partial charge in [0.2, 0.25) is 0 Å². The first-order valence-electron chi connectivity index (χ1n) is 5.56. The van der Waals surface area contributed by atoms with Crippen molar-refractivity contribution in [2.75, 3.05) is 7.11 Å². The summed E-state index contributed by atoms with van der Waals surface area (Å²) >= 11 is 0. The third-order valence-corrected chi connectivity index (χ3v) is 2.58. The zero-order chi connectivity index (χ0) is 11.3. The van der Waals surface area contributed by atoms with Gasteiger partial charge in [-0.15, -0.1) is 0 Å². The van der Waals surface area contributed by atoms with Crippen LogP contribution in [0.15, 0.2) is 18.2 Å². The Morgan fingerprint density at radius 1 is 1.40 bits per heavy atom. The van der Waals surface area contributed by atoms with E-state index < -0.39 is 0 Å². The van der Waals surface area contributed by atoms with E-state index in [1.807, 2.05) is 0 Å². The molecule has 0 saturated carbocycles. The lowest BCUT2D eigenvalue weighted by Crippen LogP contribution is -2.22. The molecule has 0 amide bonds. The molecule has 0 aliphatic carbocycles. The lowest BCUT2D eigenvalue weighted by Gasteiger charge is -2.13. The van der Waals surface area contributed by atoms with Crippen LogP contribution in [0.5, 0.6) is 5.75 Å². The van der Waals surface area contributed by atoms with Gasteiger partial charge in [-0.2, -0.15) is 0 Å². The first kappa shape index (κ1) is 12.1. The molecule has 1 aromatic carbocycles. The summed E-state index contributed by atoms with van der Waals surface area (Å²) < 4.78 is 5.35. The molecule has 1 unspecified atom stereocenters. The Balaban J connectivity index is 2.75. The molecule has 0 radical (unpaired) electrons. The van der Waals surface area contributed by atoms with Crippen molar-refractivity contribution in [2.45, 2.75) is 39.2 Å². The molecular weight excluding hydrogens is 186 g/mol. The van der Waals surface area contributed by atoms with E-state index in [1.165, 1.54) is 11.1 Å². The molecule has 1 rings (SSSR count). The van der Waals surface area contributed by atoms with Crippen LogP contribution in [0.25, 0.3) is 0 Å². The maximum atomic E-state index is 6.02. The van der Waals surface area contributed by atoms with E-state index in [1.54, 1.807) is 7.11 Å². The summed E-state index contributed by atoms with van der Waals surface area (Å²) in [7, 11) is 1.71. The van der Waals surface area contributed by atoms with Crippen LogP contribution in [0, 0.1) is 6.92 Å². The van der Waals surface area contributed by atoms with Crippen molar-refractivity contribution in [2.24, 2.45) is 5.73 Å². The maximum absolute atomic E-state index is 6.02. The number of hydrogen-bond acceptors (Lipinski definition) is 2. The molecule has 84 valence electrons. The van der Waals surface area contributed by atoms with Crippen molar-refractivity contribution in [3.63, 3.8) is 0 Å². The van der Waals surface area contributed by atoms with Crippen LogP contribution in [0.2, 0.25) is 0 Å². The van der Waals surface area contributed by atoms with Gasteiger partial charge in [0.05, 0.1) is 7.11 Å². The van der Waals surface area contributed by atoms with E-state index in [2.05, 4.69) is 32.0 Å². The summed E-state index contributed by atoms with van der Waals surface area (Å²) in [6.07, 6.45) is 3.10. The number of aryl methyl sites for hydroxylation is 1. The third-order valence-electron chi connectivity index (χ3n) is 2.58. The number of nitrogens with two attached hydrogens (primary N) is 1. The molecule has 15 heavy (non-hydrogen) atoms. The largest absolute Gasteiger partial charge is 0.496 e. The van der Waals surface area contributed by atoms with Crippen molar-refractivity contribution in [1.82, 2.24) is 0 Å². The first-order chi connectivity index (χ1) is 7.17. The third kappa shape index (κ3) is 3.56. The van der Waals surface area contributed by atoms with E-state index >= 15 is 0 Å². The molecule has 2 N–H and O–H groups in total. The Kier molecular flexibility index (Phi) is 4.63. The quantitative estimate of drug-likeness (QED) is 0.805. The Labute approximate surface area is 92.4 Å². The fraction of sp³-hybridized carbons (Fsp3) is 0.538. The topological polar surface area (TPSA) is 35.2 Å². The molecule has 0 saturated heterocycles. The monoisotopic (exact) mass is 207 g/mol. The lowest BCUT2D eigenvalue weighted by molar-refractivity contribution is 0.407. The molecule has 0 fully saturated rings. The van der Waals surface area contributed by atoms with Gasteiger partial charge in [-0.3, -0.25) is 0 Å². The van der Waals surface area contributed by atoms with Crippen LogP contribution in [0.1, 0.15) is 30.9 Å². The van der Waals surface area contributed by atoms with Crippen molar-refractivity contribution < 1.29 is 4.74 Å². The van der Waals surface area contributed by atoms with Crippen LogP contribution >= 0.6 is 0 Å². The molecule has 0 aliphatic rings. The molecule has 1 atom stereocenters. The smallest absolute Gasteiger partial charge is 0.122 e. The fourth-order valence-electron chi connectivity index (χ4n) is 1.78. The van der Waals surface area contributed by atoms with Gasteiger partial charge in [-0.05, 0) is 37.0 Å². The standard InChI is InChI=1S/C13H21NO/c1-4-5-12(14)9-11-7-6-10(2)8-13(11)15-3/h6-8,12H,4-5,9,14H2,1-3H3. The van der Waals surface area contributed by atoms with Crippen molar-refractivity contribution in [1.29, 1.82) is 0 Å². The molecule has 2 nitrogen and oxygen atoms in total. The van der Waals surface area contributed by atoms with E-state index in [4.69, 9.17) is 10.5 Å². The Morgan fingerprint density at radius 2 is 2.13 bits per heavy atom. The Bertz CT molecular complexity index is 309. The molecule has 0 aromatic heterocycles. The molecule has 2 heteroatoms. The van der Waals surface area contributed by atoms with Gasteiger partial charge in [-0.1, -0.05) is 25.5 Å². The predicted molar refractivity (Wildman–Crippen MR) is 64.3 cm³/mol. The second-order valence-electron chi connectivity index (χ2n) is 4.07. The highest BCUT2D eigenvalue weighted by atomic mass is 16.5. The van der Waals surface area contributed by atoms with E-state index in [0.29, 0.717) is 0 Å². The fourth-order valence-corrected chi connectivity index (χ4v) is 1.78. The average molecular weight is 207 g/mol. The normalized spacial score (nSPS) is 12.5. The minimum Gasteiger partial charge on any atom is -0.496 e. The Morgan fingerprint density at radius 3 is 2.73 bits per heavy atom. The van der Waals surface area contributed by atoms with Crippen LogP contribution in [-0.4, -0.2) is 13.2 Å². The number of rotatable bonds is 5. The highest BCUT2D eigenvalue weighted by Crippen LogP contribution is 2.21. The first-order valence-corrected chi connectivity index (χ1v) is 5.56. The molecule has 0 spiro atoms. The maximum Gasteiger partial charge on any atom is 0.122 e. The minimum atomic E-state index is 0.242. The van der Waals surface area contributed by atoms with Crippen LogP contribution in [-0.2, 0) is 6.42 Å². The number of methoxy groups -OCH3 is 1. The highest BCUT2D eigenvalue weighted by molar-refractivity contribution is 5.37. The minimum absolute atomic E-state index is 0.242. The molecular formula is C13H21NO. The summed E-state index contributed by atoms with van der Waals surface area (Å²) in [5.74, 6) is 0.960. The lowest BCUT2D eigenvalue weighted by atomic mass is 10.0. The van der Waals surface area contributed by atoms with Gasteiger partial charge < -0.3 is 10.5 Å². The zero-order valence-corrected chi connectivity index (χ0v) is 9.92. The van der Waals surface area contributed by atoms with Crippen molar-refractivity contribution >= 4 is 0 Å². The SMILES string of the molecule is CCCC(N)Cc1ccc(C)cc1OC. The molecule has 0 heterocycles. The van der Waals surface area contributed by atoms with Gasteiger partial charge >= 0.3 is 0 Å². The summed E-state index contributed by atoms with van der Waals surface area (Å²) in [6.45, 7) is 4.23. The van der Waals surface area contributed by atoms with Gasteiger partial charge in [0.1, 0.15) is 5.75 Å². The van der Waals surface area contributed by atoms with E-state index in [-0.39, 0.29) is 6.04 Å². The summed E-state index contributed by atoms with van der Waals surface area (Å²) in [5, 5.41) is 0. The molecule has 0 aliphatic heterocycles. The van der Waals surface area contributed by atoms with Gasteiger partial charge in [-0.25, -0.2) is 0 Å². The summed E-state index contributed by atoms with van der Waals surface area (Å²) in [6, 6.07) is 6.53. The highest BCUT2D eigenvalue weighted by Gasteiger charge is 2.07. The second-order valence-corrected chi connectivity index (χ2v) is 4.07. The number of benzene rings is 1. The van der Waals surface area contributed by atoms with Crippen LogP contribution < -0.4 is 10.5 Å². The van der Waals surface area contributed by atoms with Gasteiger partial charge in [0, 0.05) is 6.04 Å².